The standard InChI is InChI=1S/C13H11N5O2S/c14-12(15)17-13-16-7(6-21-13)5-18-10(19)8-3-1-2-4-9(8)11(18)20/h1-4,6H,5H2,(H4,14,15,16,17). The Morgan fingerprint density at radius 3 is 2.38 bits per heavy atom. The number of hydrogen-bond donors (Lipinski definition) is 2. The SMILES string of the molecule is NC(N)=Nc1nc(CN2C(=O)c3ccccc3C2=O)cs1. The molecule has 7 nitrogen and oxygen atoms in total. The fraction of sp³-hybridized carbons (Fsp3) is 0.0769. The summed E-state index contributed by atoms with van der Waals surface area (Å²) >= 11 is 1.24. The molecule has 0 spiro atoms. The third-order valence-corrected chi connectivity index (χ3v) is 3.75. The van der Waals surface area contributed by atoms with Crippen LogP contribution in [-0.2, 0) is 6.54 Å². The highest BCUT2D eigenvalue weighted by atomic mass is 32.1. The Labute approximate surface area is 123 Å². The van der Waals surface area contributed by atoms with Crippen LogP contribution in [0.4, 0.5) is 5.13 Å². The molecule has 0 saturated carbocycles. The maximum atomic E-state index is 12.2. The van der Waals surface area contributed by atoms with E-state index >= 15 is 0 Å². The topological polar surface area (TPSA) is 115 Å². The minimum Gasteiger partial charge on any atom is -0.370 e. The summed E-state index contributed by atoms with van der Waals surface area (Å²) < 4.78 is 0. The van der Waals surface area contributed by atoms with E-state index in [1.165, 1.54) is 16.2 Å². The lowest BCUT2D eigenvalue weighted by Crippen LogP contribution is -2.29. The minimum absolute atomic E-state index is 0.0865. The summed E-state index contributed by atoms with van der Waals surface area (Å²) in [6, 6.07) is 6.74. The second-order valence-corrected chi connectivity index (χ2v) is 5.24. The molecule has 2 heterocycles. The van der Waals surface area contributed by atoms with Crippen LogP contribution < -0.4 is 11.5 Å². The lowest BCUT2D eigenvalue weighted by Gasteiger charge is -2.11. The zero-order valence-electron chi connectivity index (χ0n) is 10.8. The predicted molar refractivity (Wildman–Crippen MR) is 78.2 cm³/mol. The minimum atomic E-state index is -0.313. The summed E-state index contributed by atoms with van der Waals surface area (Å²) in [5.74, 6) is -0.712. The largest absolute Gasteiger partial charge is 0.370 e. The molecule has 0 bridgehead atoms. The van der Waals surface area contributed by atoms with Crippen LogP contribution in [0.1, 0.15) is 26.4 Å². The van der Waals surface area contributed by atoms with Gasteiger partial charge >= 0.3 is 0 Å². The molecule has 106 valence electrons. The van der Waals surface area contributed by atoms with Crippen molar-refractivity contribution < 1.29 is 9.59 Å². The van der Waals surface area contributed by atoms with Gasteiger partial charge in [0.1, 0.15) is 0 Å². The molecule has 0 radical (unpaired) electrons. The number of aliphatic imine (C=N–C) groups is 1. The Balaban J connectivity index is 1.84. The monoisotopic (exact) mass is 301 g/mol. The van der Waals surface area contributed by atoms with Crippen LogP contribution in [0.5, 0.6) is 0 Å². The number of benzene rings is 1. The summed E-state index contributed by atoms with van der Waals surface area (Å²) in [5, 5.41) is 2.10. The highest BCUT2D eigenvalue weighted by Crippen LogP contribution is 2.26. The molecule has 1 aliphatic heterocycles. The van der Waals surface area contributed by atoms with Crippen LogP contribution in [0.25, 0.3) is 0 Å². The van der Waals surface area contributed by atoms with Gasteiger partial charge < -0.3 is 11.5 Å². The molecule has 3 rings (SSSR count). The van der Waals surface area contributed by atoms with E-state index in [0.29, 0.717) is 22.0 Å². The number of aromatic nitrogens is 1. The van der Waals surface area contributed by atoms with Gasteiger partial charge in [-0.2, -0.15) is 4.99 Å². The number of fused-ring (bicyclic) bond motifs is 1. The number of nitrogens with zero attached hydrogens (tertiary/aromatic N) is 3. The van der Waals surface area contributed by atoms with Crippen molar-refractivity contribution in [3.8, 4) is 0 Å². The van der Waals surface area contributed by atoms with Crippen molar-refractivity contribution in [2.45, 2.75) is 6.54 Å². The number of imide groups is 1. The second kappa shape index (κ2) is 4.98. The van der Waals surface area contributed by atoms with Gasteiger partial charge in [-0.05, 0) is 12.1 Å². The quantitative estimate of drug-likeness (QED) is 0.495. The summed E-state index contributed by atoms with van der Waals surface area (Å²) in [4.78, 5) is 33.6. The molecule has 0 saturated heterocycles. The van der Waals surface area contributed by atoms with Crippen molar-refractivity contribution in [3.05, 3.63) is 46.5 Å². The number of hydrogen-bond acceptors (Lipinski definition) is 5. The molecule has 21 heavy (non-hydrogen) atoms. The van der Waals surface area contributed by atoms with E-state index in [1.807, 2.05) is 0 Å². The molecule has 0 atom stereocenters. The summed E-state index contributed by atoms with van der Waals surface area (Å²) in [6.07, 6.45) is 0. The maximum Gasteiger partial charge on any atom is 0.261 e. The highest BCUT2D eigenvalue weighted by Gasteiger charge is 2.35. The first kappa shape index (κ1) is 13.3. The van der Waals surface area contributed by atoms with Gasteiger partial charge in [-0.3, -0.25) is 14.5 Å². The van der Waals surface area contributed by atoms with E-state index in [2.05, 4.69) is 9.98 Å². The fourth-order valence-corrected chi connectivity index (χ4v) is 2.77. The van der Waals surface area contributed by atoms with Crippen LogP contribution in [-0.4, -0.2) is 27.7 Å². The van der Waals surface area contributed by atoms with Gasteiger partial charge in [-0.25, -0.2) is 4.98 Å². The Bertz CT molecular complexity index is 728. The second-order valence-electron chi connectivity index (χ2n) is 4.40. The molecule has 1 aromatic heterocycles. The van der Waals surface area contributed by atoms with Crippen molar-refractivity contribution in [2.75, 3.05) is 0 Å². The highest BCUT2D eigenvalue weighted by molar-refractivity contribution is 7.13. The number of rotatable bonds is 3. The Morgan fingerprint density at radius 1 is 1.19 bits per heavy atom. The van der Waals surface area contributed by atoms with Gasteiger partial charge in [0.05, 0.1) is 23.4 Å². The van der Waals surface area contributed by atoms with Crippen molar-refractivity contribution in [1.82, 2.24) is 9.88 Å². The molecule has 1 aliphatic rings. The third-order valence-electron chi connectivity index (χ3n) is 2.96. The van der Waals surface area contributed by atoms with Gasteiger partial charge in [0, 0.05) is 5.38 Å². The number of carbonyl (C=O) groups is 2. The Hall–Kier alpha value is -2.74. The molecular weight excluding hydrogens is 290 g/mol. The lowest BCUT2D eigenvalue weighted by molar-refractivity contribution is 0.0640. The van der Waals surface area contributed by atoms with Crippen molar-refractivity contribution in [2.24, 2.45) is 16.5 Å². The molecule has 4 N–H and O–H groups in total. The summed E-state index contributed by atoms with van der Waals surface area (Å²) in [6.45, 7) is 0.100. The van der Waals surface area contributed by atoms with Gasteiger partial charge in [0.2, 0.25) is 5.13 Å². The maximum absolute atomic E-state index is 12.2. The van der Waals surface area contributed by atoms with E-state index in [9.17, 15) is 9.59 Å². The molecule has 2 amide bonds. The number of amides is 2. The van der Waals surface area contributed by atoms with Gasteiger partial charge in [0.25, 0.3) is 11.8 Å². The predicted octanol–water partition coefficient (Wildman–Crippen LogP) is 0.844. The van der Waals surface area contributed by atoms with Crippen LogP contribution in [0.3, 0.4) is 0 Å². The molecule has 2 aromatic rings. The fourth-order valence-electron chi connectivity index (χ4n) is 2.08. The summed E-state index contributed by atoms with van der Waals surface area (Å²) in [7, 11) is 0. The first-order valence-electron chi connectivity index (χ1n) is 6.05. The van der Waals surface area contributed by atoms with E-state index in [0.717, 1.165) is 0 Å². The number of nitrogens with two attached hydrogens (primary N) is 2. The lowest BCUT2D eigenvalue weighted by atomic mass is 10.1. The Kier molecular flexibility index (Phi) is 3.15. The van der Waals surface area contributed by atoms with E-state index in [4.69, 9.17) is 11.5 Å². The van der Waals surface area contributed by atoms with Crippen molar-refractivity contribution in [3.63, 3.8) is 0 Å². The van der Waals surface area contributed by atoms with Crippen molar-refractivity contribution in [1.29, 1.82) is 0 Å². The number of thiazole rings is 1. The molecule has 1 aromatic carbocycles. The van der Waals surface area contributed by atoms with Crippen LogP contribution in [0, 0.1) is 0 Å². The van der Waals surface area contributed by atoms with E-state index < -0.39 is 0 Å². The normalized spacial score (nSPS) is 13.4. The molecular formula is C13H11N5O2S. The summed E-state index contributed by atoms with van der Waals surface area (Å²) in [5.41, 5.74) is 12.0. The van der Waals surface area contributed by atoms with Crippen LogP contribution >= 0.6 is 11.3 Å². The van der Waals surface area contributed by atoms with Crippen LogP contribution in [0.2, 0.25) is 0 Å². The van der Waals surface area contributed by atoms with Gasteiger partial charge in [-0.1, -0.05) is 12.1 Å². The average Bonchev–Trinajstić information content (AvgIpc) is 2.98. The first-order chi connectivity index (χ1) is 10.1. The van der Waals surface area contributed by atoms with Crippen LogP contribution in [0.15, 0.2) is 34.6 Å². The average molecular weight is 301 g/mol. The third kappa shape index (κ3) is 2.36. The first-order valence-corrected chi connectivity index (χ1v) is 6.93. The molecule has 0 unspecified atom stereocenters. The smallest absolute Gasteiger partial charge is 0.261 e. The zero-order valence-corrected chi connectivity index (χ0v) is 11.6. The molecule has 8 heteroatoms. The van der Waals surface area contributed by atoms with E-state index in [-0.39, 0.29) is 24.3 Å². The van der Waals surface area contributed by atoms with Gasteiger partial charge in [-0.15, -0.1) is 11.3 Å². The number of guanidine groups is 1. The van der Waals surface area contributed by atoms with Gasteiger partial charge in [0.15, 0.2) is 5.96 Å². The van der Waals surface area contributed by atoms with E-state index in [1.54, 1.807) is 29.6 Å². The zero-order chi connectivity index (χ0) is 15.0. The molecule has 0 fully saturated rings. The number of carbonyl (C=O) groups excluding carboxylic acids is 2. The molecule has 0 aliphatic carbocycles. The Morgan fingerprint density at radius 2 is 1.81 bits per heavy atom. The van der Waals surface area contributed by atoms with Crippen molar-refractivity contribution >= 4 is 34.2 Å².